The number of carbonyl (C=O) groups is 2. The van der Waals surface area contributed by atoms with Crippen LogP contribution < -0.4 is 5.32 Å². The zero-order valence-corrected chi connectivity index (χ0v) is 13.3. The van der Waals surface area contributed by atoms with Crippen molar-refractivity contribution in [1.29, 1.82) is 0 Å². The molecule has 1 unspecified atom stereocenters. The van der Waals surface area contributed by atoms with E-state index in [1.807, 2.05) is 30.3 Å². The zero-order chi connectivity index (χ0) is 16.8. The van der Waals surface area contributed by atoms with Crippen LogP contribution in [0, 0.1) is 0 Å². The van der Waals surface area contributed by atoms with Crippen molar-refractivity contribution in [2.24, 2.45) is 0 Å². The van der Waals surface area contributed by atoms with Crippen LogP contribution >= 0.6 is 0 Å². The summed E-state index contributed by atoms with van der Waals surface area (Å²) in [5, 5.41) is 12.0. The number of hydrogen-bond donors (Lipinski definition) is 2. The van der Waals surface area contributed by atoms with Crippen LogP contribution in [0.1, 0.15) is 33.3 Å². The SMILES string of the molecule is C[C@@H](O)C(NC(=O)OC(C)(C)C)C(=O)OCc1ccccc1. The number of alkyl carbamates (subject to hydrolysis) is 1. The first-order valence-corrected chi connectivity index (χ1v) is 7.07. The summed E-state index contributed by atoms with van der Waals surface area (Å²) in [6.07, 6.45) is -1.88. The quantitative estimate of drug-likeness (QED) is 0.813. The van der Waals surface area contributed by atoms with Gasteiger partial charge in [-0.2, -0.15) is 0 Å². The minimum atomic E-state index is -1.18. The van der Waals surface area contributed by atoms with Gasteiger partial charge in [-0.15, -0.1) is 0 Å². The molecular weight excluding hydrogens is 286 g/mol. The maximum Gasteiger partial charge on any atom is 0.408 e. The number of esters is 1. The molecule has 6 heteroatoms. The van der Waals surface area contributed by atoms with E-state index >= 15 is 0 Å². The number of amides is 1. The highest BCUT2D eigenvalue weighted by molar-refractivity contribution is 5.82. The number of ether oxygens (including phenoxy) is 2. The predicted molar refractivity (Wildman–Crippen MR) is 81.1 cm³/mol. The van der Waals surface area contributed by atoms with Gasteiger partial charge < -0.3 is 19.9 Å². The third-order valence-corrected chi connectivity index (χ3v) is 2.63. The summed E-state index contributed by atoms with van der Waals surface area (Å²) >= 11 is 0. The van der Waals surface area contributed by atoms with Gasteiger partial charge in [0.05, 0.1) is 6.10 Å². The van der Waals surface area contributed by atoms with Gasteiger partial charge in [0.2, 0.25) is 0 Å². The molecule has 0 aliphatic carbocycles. The summed E-state index contributed by atoms with van der Waals surface area (Å²) in [7, 11) is 0. The van der Waals surface area contributed by atoms with Crippen molar-refractivity contribution in [3.63, 3.8) is 0 Å². The molecule has 0 aromatic heterocycles. The van der Waals surface area contributed by atoms with E-state index in [0.29, 0.717) is 0 Å². The Bertz CT molecular complexity index is 493. The van der Waals surface area contributed by atoms with Gasteiger partial charge in [0.15, 0.2) is 6.04 Å². The van der Waals surface area contributed by atoms with Crippen LogP contribution in [0.25, 0.3) is 0 Å². The summed E-state index contributed by atoms with van der Waals surface area (Å²) in [5.41, 5.74) is 0.124. The van der Waals surface area contributed by atoms with Crippen molar-refractivity contribution in [3.8, 4) is 0 Å². The molecule has 0 bridgehead atoms. The van der Waals surface area contributed by atoms with E-state index in [9.17, 15) is 14.7 Å². The molecule has 2 atom stereocenters. The molecule has 0 saturated heterocycles. The molecule has 0 aliphatic rings. The first-order chi connectivity index (χ1) is 10.2. The Morgan fingerprint density at radius 2 is 1.82 bits per heavy atom. The lowest BCUT2D eigenvalue weighted by atomic mass is 10.2. The fourth-order valence-corrected chi connectivity index (χ4v) is 1.63. The second-order valence-corrected chi connectivity index (χ2v) is 5.96. The molecule has 22 heavy (non-hydrogen) atoms. The van der Waals surface area contributed by atoms with Crippen LogP contribution in [0.5, 0.6) is 0 Å². The molecule has 2 N–H and O–H groups in total. The van der Waals surface area contributed by atoms with Crippen molar-refractivity contribution in [1.82, 2.24) is 5.32 Å². The van der Waals surface area contributed by atoms with E-state index in [4.69, 9.17) is 9.47 Å². The summed E-state index contributed by atoms with van der Waals surface area (Å²) in [6.45, 7) is 6.58. The maximum atomic E-state index is 12.0. The average molecular weight is 309 g/mol. The number of aliphatic hydroxyl groups is 1. The molecular formula is C16H23NO5. The summed E-state index contributed by atoms with van der Waals surface area (Å²) in [4.78, 5) is 23.7. The highest BCUT2D eigenvalue weighted by atomic mass is 16.6. The molecule has 0 radical (unpaired) electrons. The lowest BCUT2D eigenvalue weighted by Crippen LogP contribution is -2.49. The topological polar surface area (TPSA) is 84.9 Å². The standard InChI is InChI=1S/C16H23NO5/c1-11(18)13(17-15(20)22-16(2,3)4)14(19)21-10-12-8-6-5-7-9-12/h5-9,11,13,18H,10H2,1-4H3,(H,17,20)/t11-,13?/m1/s1. The first kappa shape index (κ1) is 18.0. The number of benzene rings is 1. The van der Waals surface area contributed by atoms with Crippen molar-refractivity contribution in [2.45, 2.75) is 52.0 Å². The lowest BCUT2D eigenvalue weighted by molar-refractivity contribution is -0.150. The monoisotopic (exact) mass is 309 g/mol. The second kappa shape index (κ2) is 7.79. The number of aliphatic hydroxyl groups excluding tert-OH is 1. The molecule has 0 heterocycles. The van der Waals surface area contributed by atoms with Crippen molar-refractivity contribution in [2.75, 3.05) is 0 Å². The maximum absolute atomic E-state index is 12.0. The van der Waals surface area contributed by atoms with Crippen LogP contribution in [-0.4, -0.2) is 34.9 Å². The Morgan fingerprint density at radius 1 is 1.23 bits per heavy atom. The summed E-state index contributed by atoms with van der Waals surface area (Å²) in [5.74, 6) is -0.718. The summed E-state index contributed by atoms with van der Waals surface area (Å²) < 4.78 is 10.2. The van der Waals surface area contributed by atoms with E-state index < -0.39 is 29.8 Å². The number of nitrogens with one attached hydrogen (secondary N) is 1. The highest BCUT2D eigenvalue weighted by Gasteiger charge is 2.29. The second-order valence-electron chi connectivity index (χ2n) is 5.96. The van der Waals surface area contributed by atoms with Gasteiger partial charge in [0.25, 0.3) is 0 Å². The lowest BCUT2D eigenvalue weighted by Gasteiger charge is -2.24. The molecule has 0 fully saturated rings. The fourth-order valence-electron chi connectivity index (χ4n) is 1.63. The van der Waals surface area contributed by atoms with E-state index in [-0.39, 0.29) is 6.61 Å². The van der Waals surface area contributed by atoms with Crippen molar-refractivity contribution < 1.29 is 24.2 Å². The van der Waals surface area contributed by atoms with Gasteiger partial charge in [-0.25, -0.2) is 9.59 Å². The molecule has 0 saturated carbocycles. The van der Waals surface area contributed by atoms with E-state index in [0.717, 1.165) is 5.56 Å². The molecule has 6 nitrogen and oxygen atoms in total. The predicted octanol–water partition coefficient (Wildman–Crippen LogP) is 2.00. The molecule has 1 aromatic rings. The normalized spacial score (nSPS) is 13.9. The Hall–Kier alpha value is -2.08. The molecule has 1 rings (SSSR count). The van der Waals surface area contributed by atoms with Gasteiger partial charge in [-0.1, -0.05) is 30.3 Å². The highest BCUT2D eigenvalue weighted by Crippen LogP contribution is 2.08. The van der Waals surface area contributed by atoms with Crippen LogP contribution in [0.3, 0.4) is 0 Å². The van der Waals surface area contributed by atoms with Gasteiger partial charge in [0, 0.05) is 0 Å². The molecule has 0 aliphatic heterocycles. The first-order valence-electron chi connectivity index (χ1n) is 7.07. The van der Waals surface area contributed by atoms with E-state index in [1.165, 1.54) is 6.92 Å². The minimum absolute atomic E-state index is 0.0683. The smallest absolute Gasteiger partial charge is 0.408 e. The van der Waals surface area contributed by atoms with E-state index in [1.54, 1.807) is 20.8 Å². The van der Waals surface area contributed by atoms with Gasteiger partial charge >= 0.3 is 12.1 Å². The third kappa shape index (κ3) is 6.58. The Labute approximate surface area is 130 Å². The molecule has 1 amide bonds. The number of hydrogen-bond acceptors (Lipinski definition) is 5. The Morgan fingerprint density at radius 3 is 2.32 bits per heavy atom. The molecule has 122 valence electrons. The largest absolute Gasteiger partial charge is 0.459 e. The minimum Gasteiger partial charge on any atom is -0.459 e. The van der Waals surface area contributed by atoms with Gasteiger partial charge in [0.1, 0.15) is 12.2 Å². The van der Waals surface area contributed by atoms with Crippen molar-refractivity contribution in [3.05, 3.63) is 35.9 Å². The van der Waals surface area contributed by atoms with E-state index in [2.05, 4.69) is 5.32 Å². The van der Waals surface area contributed by atoms with Crippen LogP contribution in [-0.2, 0) is 20.9 Å². The Balaban J connectivity index is 2.58. The van der Waals surface area contributed by atoms with Crippen LogP contribution in [0.15, 0.2) is 30.3 Å². The fraction of sp³-hybridized carbons (Fsp3) is 0.500. The number of rotatable bonds is 5. The molecule has 0 spiro atoms. The summed E-state index contributed by atoms with van der Waals surface area (Å²) in [6, 6.07) is 7.95. The van der Waals surface area contributed by atoms with Gasteiger partial charge in [-0.05, 0) is 33.3 Å². The molecule has 1 aromatic carbocycles. The average Bonchev–Trinajstić information content (AvgIpc) is 2.41. The van der Waals surface area contributed by atoms with Crippen LogP contribution in [0.4, 0.5) is 4.79 Å². The zero-order valence-electron chi connectivity index (χ0n) is 13.3. The third-order valence-electron chi connectivity index (χ3n) is 2.63. The number of carbonyl (C=O) groups excluding carboxylic acids is 2. The van der Waals surface area contributed by atoms with Crippen LogP contribution in [0.2, 0.25) is 0 Å². The van der Waals surface area contributed by atoms with Gasteiger partial charge in [-0.3, -0.25) is 0 Å². The Kier molecular flexibility index (Phi) is 6.37. The van der Waals surface area contributed by atoms with Crippen molar-refractivity contribution >= 4 is 12.1 Å².